The number of aliphatic imine (C=N–C) groups is 1. The summed E-state index contributed by atoms with van der Waals surface area (Å²) < 4.78 is 10.9. The Morgan fingerprint density at radius 3 is 2.60 bits per heavy atom. The molecular weight excluding hydrogens is 431 g/mol. The lowest BCUT2D eigenvalue weighted by Crippen LogP contribution is -2.38. The molecule has 0 radical (unpaired) electrons. The summed E-state index contributed by atoms with van der Waals surface area (Å²) in [6.07, 6.45) is 2.25. The second-order valence-electron chi connectivity index (χ2n) is 5.24. The summed E-state index contributed by atoms with van der Waals surface area (Å²) in [5, 5.41) is 15.3. The van der Waals surface area contributed by atoms with Gasteiger partial charge in [-0.05, 0) is 24.1 Å². The van der Waals surface area contributed by atoms with Crippen LogP contribution in [0.3, 0.4) is 0 Å². The van der Waals surface area contributed by atoms with Gasteiger partial charge in [0.25, 0.3) is 0 Å². The van der Waals surface area contributed by atoms with Crippen LogP contribution in [0.5, 0.6) is 0 Å². The van der Waals surface area contributed by atoms with Crippen molar-refractivity contribution in [3.63, 3.8) is 0 Å². The van der Waals surface area contributed by atoms with E-state index < -0.39 is 0 Å². The van der Waals surface area contributed by atoms with Crippen molar-refractivity contribution in [2.75, 3.05) is 40.0 Å². The molecule has 0 amide bonds. The number of hydrogen-bond acceptors (Lipinski definition) is 4. The number of benzene rings is 1. The first-order chi connectivity index (χ1) is 11.8. The zero-order valence-corrected chi connectivity index (χ0v) is 17.4. The maximum Gasteiger partial charge on any atom is 0.191 e. The number of unbranched alkanes of at least 4 members (excludes halogenated alkanes) is 1. The van der Waals surface area contributed by atoms with Gasteiger partial charge in [-0.15, -0.1) is 24.0 Å². The molecule has 0 aliphatic carbocycles. The van der Waals surface area contributed by atoms with Gasteiger partial charge in [-0.3, -0.25) is 4.99 Å². The lowest BCUT2D eigenvalue weighted by molar-refractivity contribution is 0.0487. The molecule has 0 aliphatic heterocycles. The molecule has 0 saturated carbocycles. The molecule has 0 aliphatic rings. The van der Waals surface area contributed by atoms with Crippen molar-refractivity contribution in [3.05, 3.63) is 35.4 Å². The van der Waals surface area contributed by atoms with E-state index in [4.69, 9.17) is 14.7 Å². The van der Waals surface area contributed by atoms with E-state index in [9.17, 15) is 0 Å². The fraction of sp³-hybridized carbons (Fsp3) is 0.556. The predicted molar refractivity (Wildman–Crippen MR) is 111 cm³/mol. The highest BCUT2D eigenvalue weighted by Crippen LogP contribution is 2.03. The Labute approximate surface area is 168 Å². The first kappa shape index (κ1) is 23.6. The fourth-order valence-corrected chi connectivity index (χ4v) is 1.97. The maximum absolute atomic E-state index is 8.90. The Kier molecular flexibility index (Phi) is 15.2. The van der Waals surface area contributed by atoms with Crippen molar-refractivity contribution in [3.8, 4) is 6.07 Å². The second-order valence-corrected chi connectivity index (χ2v) is 5.24. The highest BCUT2D eigenvalue weighted by molar-refractivity contribution is 14.0. The molecule has 0 atom stereocenters. The van der Waals surface area contributed by atoms with Crippen molar-refractivity contribution < 1.29 is 9.47 Å². The van der Waals surface area contributed by atoms with Gasteiger partial charge in [-0.25, -0.2) is 0 Å². The quantitative estimate of drug-likeness (QED) is 0.230. The van der Waals surface area contributed by atoms with Crippen LogP contribution in [-0.2, 0) is 16.0 Å². The van der Waals surface area contributed by atoms with Crippen molar-refractivity contribution in [1.29, 1.82) is 5.26 Å². The van der Waals surface area contributed by atoms with Crippen LogP contribution < -0.4 is 10.6 Å². The Bertz CT molecular complexity index is 532. The van der Waals surface area contributed by atoms with E-state index in [0.29, 0.717) is 44.4 Å². The average Bonchev–Trinajstić information content (AvgIpc) is 2.63. The first-order valence-electron chi connectivity index (χ1n) is 8.39. The van der Waals surface area contributed by atoms with E-state index in [1.165, 1.54) is 0 Å². The molecule has 0 fully saturated rings. The standard InChI is InChI=1S/C18H28N4O2.HI/c1-3-4-9-23-11-12-24-10-8-21-18(20-2)22-15-17-7-5-6-16(13-17)14-19;/h5-7,13H,3-4,8-12,15H2,1-2H3,(H2,20,21,22);1H. The minimum absolute atomic E-state index is 0. The van der Waals surface area contributed by atoms with Crippen molar-refractivity contribution in [1.82, 2.24) is 10.6 Å². The molecule has 2 N–H and O–H groups in total. The summed E-state index contributed by atoms with van der Waals surface area (Å²) in [7, 11) is 1.73. The number of halogens is 1. The lowest BCUT2D eigenvalue weighted by atomic mass is 10.1. The van der Waals surface area contributed by atoms with Gasteiger partial charge in [0.1, 0.15) is 0 Å². The topological polar surface area (TPSA) is 78.7 Å². The van der Waals surface area contributed by atoms with Gasteiger partial charge in [0, 0.05) is 26.7 Å². The number of rotatable bonds is 11. The van der Waals surface area contributed by atoms with Crippen LogP contribution in [0.1, 0.15) is 30.9 Å². The van der Waals surface area contributed by atoms with Crippen LogP contribution in [0.25, 0.3) is 0 Å². The molecule has 0 aromatic heterocycles. The van der Waals surface area contributed by atoms with Crippen LogP contribution in [0.15, 0.2) is 29.3 Å². The first-order valence-corrected chi connectivity index (χ1v) is 8.39. The highest BCUT2D eigenvalue weighted by atomic mass is 127. The van der Waals surface area contributed by atoms with Gasteiger partial charge in [0.2, 0.25) is 0 Å². The zero-order valence-electron chi connectivity index (χ0n) is 15.1. The van der Waals surface area contributed by atoms with Gasteiger partial charge < -0.3 is 20.1 Å². The molecule has 25 heavy (non-hydrogen) atoms. The SMILES string of the molecule is CCCCOCCOCCNC(=NC)NCc1cccc(C#N)c1.I. The maximum atomic E-state index is 8.90. The van der Waals surface area contributed by atoms with Crippen molar-refractivity contribution in [2.24, 2.45) is 4.99 Å². The third-order valence-electron chi connectivity index (χ3n) is 3.29. The molecule has 0 heterocycles. The third-order valence-corrected chi connectivity index (χ3v) is 3.29. The van der Waals surface area contributed by atoms with Crippen LogP contribution >= 0.6 is 24.0 Å². The molecule has 0 bridgehead atoms. The van der Waals surface area contributed by atoms with E-state index in [-0.39, 0.29) is 24.0 Å². The second kappa shape index (κ2) is 16.1. The lowest BCUT2D eigenvalue weighted by Gasteiger charge is -2.12. The third kappa shape index (κ3) is 11.8. The number of nitriles is 1. The molecule has 0 saturated heterocycles. The van der Waals surface area contributed by atoms with Crippen molar-refractivity contribution >= 4 is 29.9 Å². The monoisotopic (exact) mass is 460 g/mol. The molecule has 1 aromatic carbocycles. The Balaban J connectivity index is 0.00000576. The number of nitrogens with zero attached hydrogens (tertiary/aromatic N) is 2. The minimum atomic E-state index is 0. The summed E-state index contributed by atoms with van der Waals surface area (Å²) >= 11 is 0. The molecule has 0 unspecified atom stereocenters. The van der Waals surface area contributed by atoms with Gasteiger partial charge in [0.15, 0.2) is 5.96 Å². The van der Waals surface area contributed by atoms with E-state index in [0.717, 1.165) is 25.0 Å². The van der Waals surface area contributed by atoms with Gasteiger partial charge in [-0.1, -0.05) is 25.5 Å². The fourth-order valence-electron chi connectivity index (χ4n) is 1.97. The van der Waals surface area contributed by atoms with Gasteiger partial charge >= 0.3 is 0 Å². The normalized spacial score (nSPS) is 10.7. The summed E-state index contributed by atoms with van der Waals surface area (Å²) in [6.45, 7) is 6.09. The average molecular weight is 460 g/mol. The molecule has 6 nitrogen and oxygen atoms in total. The zero-order chi connectivity index (χ0) is 17.5. The number of ether oxygens (including phenoxy) is 2. The van der Waals surface area contributed by atoms with E-state index in [1.54, 1.807) is 13.1 Å². The van der Waals surface area contributed by atoms with Gasteiger partial charge in [0.05, 0.1) is 31.5 Å². The smallest absolute Gasteiger partial charge is 0.191 e. The van der Waals surface area contributed by atoms with Gasteiger partial charge in [-0.2, -0.15) is 5.26 Å². The molecule has 140 valence electrons. The Morgan fingerprint density at radius 2 is 1.92 bits per heavy atom. The van der Waals surface area contributed by atoms with Crippen LogP contribution in [0.4, 0.5) is 0 Å². The molecule has 0 spiro atoms. The van der Waals surface area contributed by atoms with E-state index in [2.05, 4.69) is 28.6 Å². The Hall–Kier alpha value is -1.37. The van der Waals surface area contributed by atoms with Crippen molar-refractivity contribution in [2.45, 2.75) is 26.3 Å². The summed E-state index contributed by atoms with van der Waals surface area (Å²) in [6, 6.07) is 9.65. The van der Waals surface area contributed by atoms with Crippen LogP contribution in [0, 0.1) is 11.3 Å². The van der Waals surface area contributed by atoms with E-state index >= 15 is 0 Å². The largest absolute Gasteiger partial charge is 0.379 e. The predicted octanol–water partition coefficient (Wildman–Crippen LogP) is 2.67. The molecule has 1 aromatic rings. The molecule has 7 heteroatoms. The minimum Gasteiger partial charge on any atom is -0.379 e. The van der Waals surface area contributed by atoms with E-state index in [1.807, 2.05) is 18.2 Å². The molecule has 1 rings (SSSR count). The number of hydrogen-bond donors (Lipinski definition) is 2. The Morgan fingerprint density at radius 1 is 1.16 bits per heavy atom. The molecular formula is C18H29IN4O2. The highest BCUT2D eigenvalue weighted by Gasteiger charge is 1.99. The van der Waals surface area contributed by atoms with Crippen LogP contribution in [0.2, 0.25) is 0 Å². The summed E-state index contributed by atoms with van der Waals surface area (Å²) in [5.41, 5.74) is 1.70. The summed E-state index contributed by atoms with van der Waals surface area (Å²) in [4.78, 5) is 4.16. The number of nitrogens with one attached hydrogen (secondary N) is 2. The number of guanidine groups is 1. The summed E-state index contributed by atoms with van der Waals surface area (Å²) in [5.74, 6) is 0.708. The van der Waals surface area contributed by atoms with Crippen LogP contribution in [-0.4, -0.2) is 46.0 Å².